The Morgan fingerprint density at radius 1 is 1.54 bits per heavy atom. The highest BCUT2D eigenvalue weighted by Crippen LogP contribution is 2.31. The van der Waals surface area contributed by atoms with Gasteiger partial charge < -0.3 is 5.73 Å². The van der Waals surface area contributed by atoms with Crippen LogP contribution in [0.5, 0.6) is 0 Å². The lowest BCUT2D eigenvalue weighted by molar-refractivity contribution is 0.102. The van der Waals surface area contributed by atoms with E-state index in [-0.39, 0.29) is 11.1 Å². The van der Waals surface area contributed by atoms with E-state index in [1.54, 1.807) is 12.1 Å². The van der Waals surface area contributed by atoms with Crippen molar-refractivity contribution >= 4 is 54.9 Å². The molecule has 0 saturated heterocycles. The third-order valence-electron chi connectivity index (χ3n) is 1.55. The summed E-state index contributed by atoms with van der Waals surface area (Å²) in [4.78, 5) is 11.3. The molecule has 0 spiro atoms. The van der Waals surface area contributed by atoms with E-state index in [2.05, 4.69) is 31.9 Å². The van der Waals surface area contributed by atoms with Crippen LogP contribution in [0.25, 0.3) is 0 Å². The zero-order chi connectivity index (χ0) is 10.0. The first-order chi connectivity index (χ1) is 6.07. The van der Waals surface area contributed by atoms with Crippen molar-refractivity contribution in [1.29, 1.82) is 0 Å². The minimum atomic E-state index is -0.0794. The number of halogens is 3. The summed E-state index contributed by atoms with van der Waals surface area (Å²) in [5, 5.41) is 0.548. The monoisotopic (exact) mass is 325 g/mol. The standard InChI is InChI=1S/C8H6Br2ClNO/c9-3-6(13)4-1-2-5(10)8(12)7(4)11/h1-2H,3,12H2. The topological polar surface area (TPSA) is 43.1 Å². The fourth-order valence-corrected chi connectivity index (χ4v) is 1.87. The molecule has 0 atom stereocenters. The lowest BCUT2D eigenvalue weighted by Crippen LogP contribution is -2.03. The minimum Gasteiger partial charge on any atom is -0.397 e. The van der Waals surface area contributed by atoms with Crippen LogP contribution in [0.2, 0.25) is 5.02 Å². The van der Waals surface area contributed by atoms with Crippen molar-refractivity contribution in [3.05, 3.63) is 27.2 Å². The predicted molar refractivity (Wildman–Crippen MR) is 61.7 cm³/mol. The highest BCUT2D eigenvalue weighted by atomic mass is 79.9. The van der Waals surface area contributed by atoms with Gasteiger partial charge in [0.25, 0.3) is 0 Å². The molecule has 0 aliphatic heterocycles. The maximum atomic E-state index is 11.3. The fraction of sp³-hybridized carbons (Fsp3) is 0.125. The first-order valence-electron chi connectivity index (χ1n) is 3.40. The first kappa shape index (κ1) is 11.0. The molecule has 2 nitrogen and oxygen atoms in total. The second kappa shape index (κ2) is 4.44. The zero-order valence-electron chi connectivity index (χ0n) is 6.48. The molecular weight excluding hydrogens is 321 g/mol. The summed E-state index contributed by atoms with van der Waals surface area (Å²) in [6.45, 7) is 0. The molecule has 0 unspecified atom stereocenters. The lowest BCUT2D eigenvalue weighted by atomic mass is 10.1. The molecule has 0 saturated carbocycles. The zero-order valence-corrected chi connectivity index (χ0v) is 10.4. The van der Waals surface area contributed by atoms with E-state index in [1.807, 2.05) is 0 Å². The first-order valence-corrected chi connectivity index (χ1v) is 5.69. The Morgan fingerprint density at radius 2 is 2.15 bits per heavy atom. The van der Waals surface area contributed by atoms with Crippen molar-refractivity contribution in [2.75, 3.05) is 11.1 Å². The summed E-state index contributed by atoms with van der Waals surface area (Å²) in [6, 6.07) is 3.35. The van der Waals surface area contributed by atoms with Gasteiger partial charge in [-0.2, -0.15) is 0 Å². The van der Waals surface area contributed by atoms with E-state index in [0.717, 1.165) is 0 Å². The molecule has 0 radical (unpaired) electrons. The molecule has 0 bridgehead atoms. The van der Waals surface area contributed by atoms with E-state index < -0.39 is 0 Å². The van der Waals surface area contributed by atoms with Crippen molar-refractivity contribution in [1.82, 2.24) is 0 Å². The Morgan fingerprint density at radius 3 is 2.69 bits per heavy atom. The average Bonchev–Trinajstić information content (AvgIpc) is 2.13. The normalized spacial score (nSPS) is 10.1. The van der Waals surface area contributed by atoms with Crippen LogP contribution in [0, 0.1) is 0 Å². The van der Waals surface area contributed by atoms with Crippen LogP contribution in [0.4, 0.5) is 5.69 Å². The van der Waals surface area contributed by atoms with Gasteiger partial charge in [0.05, 0.1) is 16.0 Å². The number of rotatable bonds is 2. The molecule has 5 heteroatoms. The molecule has 0 fully saturated rings. The Bertz CT molecular complexity index is 354. The molecule has 13 heavy (non-hydrogen) atoms. The number of nitrogen functional groups attached to an aromatic ring is 1. The number of Topliss-reactive ketones (excluding diaryl/α,β-unsaturated/α-hetero) is 1. The summed E-state index contributed by atoms with van der Waals surface area (Å²) in [6.07, 6.45) is 0. The van der Waals surface area contributed by atoms with Gasteiger partial charge in [0.1, 0.15) is 0 Å². The molecular formula is C8H6Br2ClNO. The largest absolute Gasteiger partial charge is 0.397 e. The quantitative estimate of drug-likeness (QED) is 0.515. The van der Waals surface area contributed by atoms with Crippen molar-refractivity contribution < 1.29 is 4.79 Å². The maximum absolute atomic E-state index is 11.3. The summed E-state index contributed by atoms with van der Waals surface area (Å²) in [5.41, 5.74) is 6.47. The van der Waals surface area contributed by atoms with Gasteiger partial charge in [-0.15, -0.1) is 0 Å². The number of benzene rings is 1. The smallest absolute Gasteiger partial charge is 0.174 e. The van der Waals surface area contributed by atoms with Gasteiger partial charge in [-0.25, -0.2) is 0 Å². The molecule has 1 aromatic rings. The Kier molecular flexibility index (Phi) is 3.76. The van der Waals surface area contributed by atoms with Crippen molar-refractivity contribution in [3.63, 3.8) is 0 Å². The average molecular weight is 327 g/mol. The van der Waals surface area contributed by atoms with Crippen LogP contribution in [-0.2, 0) is 0 Å². The molecule has 1 rings (SSSR count). The van der Waals surface area contributed by atoms with E-state index in [1.165, 1.54) is 0 Å². The highest BCUT2D eigenvalue weighted by molar-refractivity contribution is 9.10. The number of carbonyl (C=O) groups excluding carboxylic acids is 1. The summed E-state index contributed by atoms with van der Waals surface area (Å²) in [7, 11) is 0. The minimum absolute atomic E-state index is 0.0794. The number of hydrogen-bond donors (Lipinski definition) is 1. The number of nitrogens with two attached hydrogens (primary N) is 1. The second-order valence-electron chi connectivity index (χ2n) is 2.38. The van der Waals surface area contributed by atoms with E-state index in [4.69, 9.17) is 17.3 Å². The van der Waals surface area contributed by atoms with E-state index in [9.17, 15) is 4.79 Å². The molecule has 1 aromatic carbocycles. The van der Waals surface area contributed by atoms with E-state index >= 15 is 0 Å². The van der Waals surface area contributed by atoms with Gasteiger partial charge in [-0.3, -0.25) is 4.79 Å². The Balaban J connectivity index is 3.26. The van der Waals surface area contributed by atoms with Crippen LogP contribution in [-0.4, -0.2) is 11.1 Å². The van der Waals surface area contributed by atoms with Crippen molar-refractivity contribution in [2.24, 2.45) is 0 Å². The van der Waals surface area contributed by atoms with Gasteiger partial charge in [0.15, 0.2) is 5.78 Å². The number of ketones is 1. The van der Waals surface area contributed by atoms with E-state index in [0.29, 0.717) is 20.7 Å². The molecule has 0 aromatic heterocycles. The Labute approximate surface area is 97.7 Å². The van der Waals surface area contributed by atoms with Crippen molar-refractivity contribution in [3.8, 4) is 0 Å². The Hall–Kier alpha value is -0.0600. The maximum Gasteiger partial charge on any atom is 0.174 e. The number of alkyl halides is 1. The number of anilines is 1. The van der Waals surface area contributed by atoms with Gasteiger partial charge in [-0.05, 0) is 28.1 Å². The summed E-state index contributed by atoms with van der Waals surface area (Å²) >= 11 is 12.2. The van der Waals surface area contributed by atoms with Crippen LogP contribution in [0.15, 0.2) is 16.6 Å². The number of hydrogen-bond acceptors (Lipinski definition) is 2. The van der Waals surface area contributed by atoms with Crippen LogP contribution in [0.1, 0.15) is 10.4 Å². The SMILES string of the molecule is Nc1c(Br)ccc(C(=O)CBr)c1Cl. The third-order valence-corrected chi connectivity index (χ3v) is 3.16. The summed E-state index contributed by atoms with van der Waals surface area (Å²) in [5.74, 6) is -0.0794. The van der Waals surface area contributed by atoms with Crippen LogP contribution < -0.4 is 5.73 Å². The van der Waals surface area contributed by atoms with Gasteiger partial charge in [0.2, 0.25) is 0 Å². The second-order valence-corrected chi connectivity index (χ2v) is 4.17. The predicted octanol–water partition coefficient (Wildman–Crippen LogP) is 3.26. The molecule has 70 valence electrons. The summed E-state index contributed by atoms with van der Waals surface area (Å²) < 4.78 is 0.698. The van der Waals surface area contributed by atoms with Gasteiger partial charge >= 0.3 is 0 Å². The fourth-order valence-electron chi connectivity index (χ4n) is 0.857. The van der Waals surface area contributed by atoms with Gasteiger partial charge in [0, 0.05) is 10.0 Å². The molecule has 2 N–H and O–H groups in total. The van der Waals surface area contributed by atoms with Crippen LogP contribution >= 0.6 is 43.5 Å². The molecule has 0 aliphatic carbocycles. The molecule has 0 heterocycles. The number of carbonyl (C=O) groups is 1. The third kappa shape index (κ3) is 2.24. The molecule has 0 amide bonds. The highest BCUT2D eigenvalue weighted by Gasteiger charge is 2.12. The van der Waals surface area contributed by atoms with Gasteiger partial charge in [-0.1, -0.05) is 27.5 Å². The lowest BCUT2D eigenvalue weighted by Gasteiger charge is -2.05. The molecule has 0 aliphatic rings. The van der Waals surface area contributed by atoms with Crippen LogP contribution in [0.3, 0.4) is 0 Å². The van der Waals surface area contributed by atoms with Crippen molar-refractivity contribution in [2.45, 2.75) is 0 Å².